The van der Waals surface area contributed by atoms with Crippen LogP contribution in [-0.2, 0) is 12.8 Å². The molecule has 2 N–H and O–H groups in total. The van der Waals surface area contributed by atoms with E-state index in [2.05, 4.69) is 28.1 Å². The summed E-state index contributed by atoms with van der Waals surface area (Å²) in [4.78, 5) is 20.8. The van der Waals surface area contributed by atoms with Gasteiger partial charge in [0.05, 0.1) is 11.1 Å². The lowest BCUT2D eigenvalue weighted by molar-refractivity contribution is 0.0270. The van der Waals surface area contributed by atoms with E-state index in [0.717, 1.165) is 39.6 Å². The van der Waals surface area contributed by atoms with Gasteiger partial charge in [0.25, 0.3) is 5.91 Å². The number of benzene rings is 3. The minimum atomic E-state index is -0.575. The predicted octanol–water partition coefficient (Wildman–Crippen LogP) is 6.95. The molecule has 0 saturated carbocycles. The van der Waals surface area contributed by atoms with Gasteiger partial charge in [-0.15, -0.1) is 0 Å². The number of halogens is 2. The molecule has 2 atom stereocenters. The van der Waals surface area contributed by atoms with Gasteiger partial charge in [-0.05, 0) is 87.1 Å². The molecule has 2 heterocycles. The number of hydrogen-bond acceptors (Lipinski definition) is 3. The number of fused-ring (bicyclic) bond motifs is 1. The van der Waals surface area contributed by atoms with Crippen LogP contribution < -0.4 is 5.73 Å². The lowest BCUT2D eigenvalue weighted by Gasteiger charge is -2.50. The third kappa shape index (κ3) is 5.38. The van der Waals surface area contributed by atoms with Crippen LogP contribution >= 0.6 is 23.2 Å². The highest BCUT2D eigenvalue weighted by molar-refractivity contribution is 6.35. The summed E-state index contributed by atoms with van der Waals surface area (Å²) in [6.07, 6.45) is 4.48. The van der Waals surface area contributed by atoms with Gasteiger partial charge in [-0.25, -0.2) is 0 Å². The first kappa shape index (κ1) is 25.7. The molecule has 1 fully saturated rings. The number of piperidine rings is 1. The van der Waals surface area contributed by atoms with Crippen molar-refractivity contribution in [2.45, 2.75) is 51.1 Å². The highest BCUT2D eigenvalue weighted by atomic mass is 35.5. The number of rotatable bonds is 5. The number of aryl methyl sites for hydroxylation is 2. The van der Waals surface area contributed by atoms with Gasteiger partial charge in [0, 0.05) is 39.8 Å². The molecule has 37 heavy (non-hydrogen) atoms. The highest BCUT2D eigenvalue weighted by Gasteiger charge is 2.45. The van der Waals surface area contributed by atoms with E-state index in [9.17, 15) is 4.79 Å². The van der Waals surface area contributed by atoms with Crippen molar-refractivity contribution in [3.8, 4) is 0 Å². The maximum atomic E-state index is 14.2. The molecular weight excluding hydrogens is 501 g/mol. The van der Waals surface area contributed by atoms with Gasteiger partial charge in [-0.1, -0.05) is 64.7 Å². The van der Waals surface area contributed by atoms with Crippen molar-refractivity contribution in [2.24, 2.45) is 5.73 Å². The van der Waals surface area contributed by atoms with E-state index in [4.69, 9.17) is 28.9 Å². The van der Waals surface area contributed by atoms with E-state index in [1.165, 1.54) is 0 Å². The van der Waals surface area contributed by atoms with Gasteiger partial charge in [-0.3, -0.25) is 9.78 Å². The van der Waals surface area contributed by atoms with E-state index in [1.54, 1.807) is 6.07 Å². The number of pyridine rings is 1. The Morgan fingerprint density at radius 2 is 1.73 bits per heavy atom. The Morgan fingerprint density at radius 3 is 2.49 bits per heavy atom. The number of carbonyl (C=O) groups excluding carboxylic acids is 1. The van der Waals surface area contributed by atoms with Crippen molar-refractivity contribution in [3.63, 3.8) is 0 Å². The third-order valence-corrected chi connectivity index (χ3v) is 8.03. The van der Waals surface area contributed by atoms with Gasteiger partial charge in [0.15, 0.2) is 0 Å². The second kappa shape index (κ2) is 10.4. The van der Waals surface area contributed by atoms with Crippen molar-refractivity contribution in [2.75, 3.05) is 6.54 Å². The van der Waals surface area contributed by atoms with Crippen molar-refractivity contribution in [1.29, 1.82) is 0 Å². The van der Waals surface area contributed by atoms with Crippen LogP contribution in [0.2, 0.25) is 10.0 Å². The molecule has 2 unspecified atom stereocenters. The Kier molecular flexibility index (Phi) is 7.26. The zero-order valence-corrected chi connectivity index (χ0v) is 22.7. The maximum Gasteiger partial charge on any atom is 0.254 e. The summed E-state index contributed by atoms with van der Waals surface area (Å²) in [5.41, 5.74) is 11.9. The van der Waals surface area contributed by atoms with E-state index in [1.807, 2.05) is 62.5 Å². The average molecular weight is 533 g/mol. The zero-order valence-electron chi connectivity index (χ0n) is 21.2. The van der Waals surface area contributed by atoms with Crippen molar-refractivity contribution >= 4 is 40.0 Å². The van der Waals surface area contributed by atoms with Gasteiger partial charge in [0.2, 0.25) is 0 Å². The van der Waals surface area contributed by atoms with Crippen molar-refractivity contribution in [3.05, 3.63) is 111 Å². The molecule has 4 aromatic rings. The molecule has 0 radical (unpaired) electrons. The molecule has 1 aromatic heterocycles. The summed E-state index contributed by atoms with van der Waals surface area (Å²) < 4.78 is 0. The van der Waals surface area contributed by atoms with Gasteiger partial charge in [0.1, 0.15) is 0 Å². The standard InChI is InChI=1S/C31H31Cl2N3O/c1-20-13-21(2)15-24(14-20)30(37)36-12-10-26(34)19-31(36,18-23-7-8-25(32)16-28(23)33)17-22-9-11-35-29-6-4-3-5-27(22)29/h3-9,11,13-16,26H,10,12,17-19,34H2,1-2H3. The number of nitrogens with two attached hydrogens (primary N) is 1. The quantitative estimate of drug-likeness (QED) is 0.303. The van der Waals surface area contributed by atoms with Crippen LogP contribution in [0.3, 0.4) is 0 Å². The first-order chi connectivity index (χ1) is 17.7. The van der Waals surface area contributed by atoms with Gasteiger partial charge < -0.3 is 10.6 Å². The van der Waals surface area contributed by atoms with E-state index in [0.29, 0.717) is 41.4 Å². The van der Waals surface area contributed by atoms with Crippen LogP contribution in [0.1, 0.15) is 45.5 Å². The minimum absolute atomic E-state index is 0.0255. The molecule has 1 saturated heterocycles. The Bertz CT molecular complexity index is 1440. The number of amides is 1. The van der Waals surface area contributed by atoms with Crippen molar-refractivity contribution in [1.82, 2.24) is 9.88 Å². The minimum Gasteiger partial charge on any atom is -0.332 e. The molecule has 3 aromatic carbocycles. The summed E-state index contributed by atoms with van der Waals surface area (Å²) in [6, 6.07) is 21.8. The predicted molar refractivity (Wildman–Crippen MR) is 153 cm³/mol. The molecule has 1 amide bonds. The lowest BCUT2D eigenvalue weighted by Crippen LogP contribution is -2.61. The summed E-state index contributed by atoms with van der Waals surface area (Å²) in [5, 5.41) is 2.28. The number of carbonyl (C=O) groups is 1. The molecule has 1 aliphatic rings. The molecule has 0 bridgehead atoms. The molecule has 5 rings (SSSR count). The Morgan fingerprint density at radius 1 is 1.00 bits per heavy atom. The van der Waals surface area contributed by atoms with Crippen LogP contribution in [-0.4, -0.2) is 33.9 Å². The Labute approximate surface area is 228 Å². The summed E-state index contributed by atoms with van der Waals surface area (Å²) >= 11 is 12.9. The molecule has 190 valence electrons. The van der Waals surface area contributed by atoms with Gasteiger partial charge in [-0.2, -0.15) is 0 Å². The molecule has 4 nitrogen and oxygen atoms in total. The van der Waals surface area contributed by atoms with Crippen LogP contribution in [0.25, 0.3) is 10.9 Å². The summed E-state index contributed by atoms with van der Waals surface area (Å²) in [6.45, 7) is 4.64. The van der Waals surface area contributed by atoms with E-state index < -0.39 is 5.54 Å². The normalized spacial score (nSPS) is 19.8. The summed E-state index contributed by atoms with van der Waals surface area (Å²) in [7, 11) is 0. The SMILES string of the molecule is Cc1cc(C)cc(C(=O)N2CCC(N)CC2(Cc2ccc(Cl)cc2Cl)Cc2ccnc3ccccc23)c1. The highest BCUT2D eigenvalue weighted by Crippen LogP contribution is 2.39. The van der Waals surface area contributed by atoms with Gasteiger partial charge >= 0.3 is 0 Å². The number of hydrogen-bond donors (Lipinski definition) is 1. The largest absolute Gasteiger partial charge is 0.332 e. The van der Waals surface area contributed by atoms with E-state index >= 15 is 0 Å². The molecular formula is C31H31Cl2N3O. The fraction of sp³-hybridized carbons (Fsp3) is 0.290. The lowest BCUT2D eigenvalue weighted by atomic mass is 9.74. The number of likely N-dealkylation sites (tertiary alicyclic amines) is 1. The first-order valence-electron chi connectivity index (χ1n) is 12.7. The van der Waals surface area contributed by atoms with E-state index in [-0.39, 0.29) is 11.9 Å². The zero-order chi connectivity index (χ0) is 26.2. The Balaban J connectivity index is 1.66. The topological polar surface area (TPSA) is 59.2 Å². The first-order valence-corrected chi connectivity index (χ1v) is 13.4. The molecule has 1 aliphatic heterocycles. The fourth-order valence-electron chi connectivity index (χ4n) is 5.88. The number of aromatic nitrogens is 1. The maximum absolute atomic E-state index is 14.2. The fourth-order valence-corrected chi connectivity index (χ4v) is 6.36. The number of para-hydroxylation sites is 1. The monoisotopic (exact) mass is 531 g/mol. The molecule has 0 aliphatic carbocycles. The van der Waals surface area contributed by atoms with Crippen LogP contribution in [0.15, 0.2) is 72.9 Å². The number of nitrogens with zero attached hydrogens (tertiary/aromatic N) is 2. The second-order valence-corrected chi connectivity index (χ2v) is 11.2. The third-order valence-electron chi connectivity index (χ3n) is 7.45. The smallest absolute Gasteiger partial charge is 0.254 e. The van der Waals surface area contributed by atoms with Crippen LogP contribution in [0, 0.1) is 13.8 Å². The van der Waals surface area contributed by atoms with Crippen LogP contribution in [0.4, 0.5) is 0 Å². The van der Waals surface area contributed by atoms with Crippen molar-refractivity contribution < 1.29 is 4.79 Å². The van der Waals surface area contributed by atoms with Crippen LogP contribution in [0.5, 0.6) is 0 Å². The second-order valence-electron chi connectivity index (χ2n) is 10.4. The Hall–Kier alpha value is -2.92. The average Bonchev–Trinajstić information content (AvgIpc) is 2.85. The molecule has 6 heteroatoms. The summed E-state index contributed by atoms with van der Waals surface area (Å²) in [5.74, 6) is 0.0298. The molecule has 0 spiro atoms.